The molecule has 1 aromatic rings. The summed E-state index contributed by atoms with van der Waals surface area (Å²) in [5.41, 5.74) is 0.578. The maximum Gasteiger partial charge on any atom is 0.573 e. The number of rotatable bonds is 4. The Hall–Kier alpha value is -1.79. The molecule has 7 heteroatoms. The molecule has 0 spiro atoms. The van der Waals surface area contributed by atoms with Crippen molar-refractivity contribution in [2.45, 2.75) is 25.2 Å². The van der Waals surface area contributed by atoms with Gasteiger partial charge in [-0.1, -0.05) is 6.07 Å². The van der Waals surface area contributed by atoms with Gasteiger partial charge in [-0.25, -0.2) is 9.38 Å². The monoisotopic (exact) mass is 276 g/mol. The summed E-state index contributed by atoms with van der Waals surface area (Å²) in [6.45, 7) is 0.428. The number of halogens is 4. The molecule has 0 saturated heterocycles. The molecule has 1 radical (unpaired) electrons. The Kier molecular flexibility index (Phi) is 3.92. The van der Waals surface area contributed by atoms with E-state index >= 15 is 0 Å². The fourth-order valence-corrected chi connectivity index (χ4v) is 1.67. The van der Waals surface area contributed by atoms with E-state index in [0.717, 1.165) is 12.1 Å². The number of hydrogen-bond donors (Lipinski definition) is 0. The van der Waals surface area contributed by atoms with Crippen LogP contribution in [-0.2, 0) is 11.2 Å². The average Bonchev–Trinajstić information content (AvgIpc) is 2.81. The normalized spacial score (nSPS) is 18.4. The maximum atomic E-state index is 13.4. The van der Waals surface area contributed by atoms with E-state index in [-0.39, 0.29) is 6.04 Å². The zero-order valence-electron chi connectivity index (χ0n) is 9.71. The number of aliphatic imine (C=N–C) groups is 1. The summed E-state index contributed by atoms with van der Waals surface area (Å²) >= 11 is 0. The minimum Gasteiger partial charge on any atom is -0.472 e. The third-order valence-corrected chi connectivity index (χ3v) is 2.56. The lowest BCUT2D eigenvalue weighted by atomic mass is 10.1. The van der Waals surface area contributed by atoms with Gasteiger partial charge in [0.1, 0.15) is 6.61 Å². The smallest absolute Gasteiger partial charge is 0.472 e. The highest BCUT2D eigenvalue weighted by Gasteiger charge is 2.32. The Morgan fingerprint density at radius 3 is 2.79 bits per heavy atom. The van der Waals surface area contributed by atoms with Gasteiger partial charge in [-0.3, -0.25) is 0 Å². The molecule has 2 rings (SSSR count). The van der Waals surface area contributed by atoms with Crippen LogP contribution in [0.2, 0.25) is 0 Å². The highest BCUT2D eigenvalue weighted by atomic mass is 19.4. The molecular weight excluding hydrogens is 266 g/mol. The third-order valence-electron chi connectivity index (χ3n) is 2.56. The summed E-state index contributed by atoms with van der Waals surface area (Å²) in [6.07, 6.45) is -1.43. The topological polar surface area (TPSA) is 30.8 Å². The van der Waals surface area contributed by atoms with E-state index in [2.05, 4.69) is 16.1 Å². The molecule has 0 fully saturated rings. The summed E-state index contributed by atoms with van der Waals surface area (Å²) in [6, 6.07) is 3.37. The van der Waals surface area contributed by atoms with Gasteiger partial charge in [0.2, 0.25) is 0 Å². The second-order valence-electron chi connectivity index (χ2n) is 4.04. The van der Waals surface area contributed by atoms with E-state index in [9.17, 15) is 17.6 Å². The van der Waals surface area contributed by atoms with Gasteiger partial charge in [-0.05, 0) is 30.5 Å². The largest absolute Gasteiger partial charge is 0.573 e. The molecule has 0 aliphatic carbocycles. The molecule has 0 N–H and O–H groups in total. The van der Waals surface area contributed by atoms with E-state index < -0.39 is 17.9 Å². The lowest BCUT2D eigenvalue weighted by molar-refractivity contribution is -0.275. The summed E-state index contributed by atoms with van der Waals surface area (Å²) < 4.78 is 57.6. The minimum absolute atomic E-state index is 0.0332. The van der Waals surface area contributed by atoms with E-state index in [1.54, 1.807) is 0 Å². The first-order valence-electron chi connectivity index (χ1n) is 5.55. The third kappa shape index (κ3) is 4.11. The van der Waals surface area contributed by atoms with Crippen LogP contribution in [0.25, 0.3) is 0 Å². The van der Waals surface area contributed by atoms with E-state index in [1.165, 1.54) is 6.07 Å². The van der Waals surface area contributed by atoms with Crippen molar-refractivity contribution < 1.29 is 27.0 Å². The van der Waals surface area contributed by atoms with E-state index in [1.807, 2.05) is 0 Å². The molecule has 1 heterocycles. The molecule has 0 bridgehead atoms. The van der Waals surface area contributed by atoms with Crippen molar-refractivity contribution in [2.24, 2.45) is 4.99 Å². The first kappa shape index (κ1) is 13.6. The molecule has 1 atom stereocenters. The minimum atomic E-state index is -4.89. The Bertz CT molecular complexity index is 473. The second kappa shape index (κ2) is 5.46. The van der Waals surface area contributed by atoms with Gasteiger partial charge < -0.3 is 9.47 Å². The molecule has 1 unspecified atom stereocenters. The van der Waals surface area contributed by atoms with Gasteiger partial charge in [0, 0.05) is 0 Å². The predicted molar refractivity (Wildman–Crippen MR) is 58.6 cm³/mol. The van der Waals surface area contributed by atoms with Crippen LogP contribution < -0.4 is 4.74 Å². The Balaban J connectivity index is 1.96. The second-order valence-corrected chi connectivity index (χ2v) is 4.04. The maximum absolute atomic E-state index is 13.4. The van der Waals surface area contributed by atoms with E-state index in [4.69, 9.17) is 4.74 Å². The predicted octanol–water partition coefficient (Wildman–Crippen LogP) is 2.96. The fraction of sp³-hybridized carbons (Fsp3) is 0.417. The van der Waals surface area contributed by atoms with Crippen LogP contribution in [0.5, 0.6) is 5.75 Å². The molecule has 1 aromatic carbocycles. The van der Waals surface area contributed by atoms with Crippen LogP contribution in [0.1, 0.15) is 12.0 Å². The van der Waals surface area contributed by atoms with Crippen LogP contribution in [0.15, 0.2) is 23.2 Å². The lowest BCUT2D eigenvalue weighted by Gasteiger charge is -2.11. The Morgan fingerprint density at radius 1 is 1.42 bits per heavy atom. The SMILES string of the molecule is Fc1cc(CCC2CO[C]=N2)ccc1OC(F)(F)F. The Labute approximate surface area is 106 Å². The van der Waals surface area contributed by atoms with Crippen LogP contribution in [0.4, 0.5) is 17.6 Å². The Morgan fingerprint density at radius 2 is 2.21 bits per heavy atom. The molecule has 19 heavy (non-hydrogen) atoms. The summed E-state index contributed by atoms with van der Waals surface area (Å²) in [7, 11) is 0. The lowest BCUT2D eigenvalue weighted by Crippen LogP contribution is -2.18. The van der Waals surface area contributed by atoms with Crippen molar-refractivity contribution >= 4 is 6.40 Å². The van der Waals surface area contributed by atoms with Crippen molar-refractivity contribution in [1.82, 2.24) is 0 Å². The number of alkyl halides is 3. The molecule has 0 aromatic heterocycles. The highest BCUT2D eigenvalue weighted by Crippen LogP contribution is 2.26. The zero-order valence-corrected chi connectivity index (χ0v) is 9.71. The standard InChI is InChI=1S/C12H10F4NO2/c13-10-5-8(1-3-9-6-18-7-17-9)2-4-11(10)19-12(14,15)16/h2,4-5,9H,1,3,6H2. The summed E-state index contributed by atoms with van der Waals surface area (Å²) in [5, 5.41) is 0. The van der Waals surface area contributed by atoms with Gasteiger partial charge >= 0.3 is 6.36 Å². The van der Waals surface area contributed by atoms with Crippen LogP contribution >= 0.6 is 0 Å². The van der Waals surface area contributed by atoms with Crippen molar-refractivity contribution in [3.63, 3.8) is 0 Å². The number of aryl methyl sites for hydroxylation is 1. The van der Waals surface area contributed by atoms with Gasteiger partial charge in [0.25, 0.3) is 6.40 Å². The number of hydrogen-bond acceptors (Lipinski definition) is 3. The van der Waals surface area contributed by atoms with Crippen LogP contribution in [-0.4, -0.2) is 25.4 Å². The van der Waals surface area contributed by atoms with Gasteiger partial charge in [-0.15, -0.1) is 13.2 Å². The molecule has 0 saturated carbocycles. The van der Waals surface area contributed by atoms with Gasteiger partial charge in [0.15, 0.2) is 11.6 Å². The molecule has 1 aliphatic heterocycles. The first-order chi connectivity index (χ1) is 8.94. The molecule has 1 aliphatic rings. The summed E-state index contributed by atoms with van der Waals surface area (Å²) in [5.74, 6) is -1.86. The van der Waals surface area contributed by atoms with Crippen molar-refractivity contribution in [3.8, 4) is 5.75 Å². The fourth-order valence-electron chi connectivity index (χ4n) is 1.67. The van der Waals surface area contributed by atoms with Gasteiger partial charge in [0.05, 0.1) is 6.04 Å². The molecule has 0 amide bonds. The molecule has 103 valence electrons. The number of ether oxygens (including phenoxy) is 2. The zero-order chi connectivity index (χ0) is 13.9. The van der Waals surface area contributed by atoms with Crippen LogP contribution in [0.3, 0.4) is 0 Å². The summed E-state index contributed by atoms with van der Waals surface area (Å²) in [4.78, 5) is 3.90. The van der Waals surface area contributed by atoms with Crippen LogP contribution in [0, 0.1) is 5.82 Å². The van der Waals surface area contributed by atoms with Crippen molar-refractivity contribution in [1.29, 1.82) is 0 Å². The average molecular weight is 276 g/mol. The number of nitrogens with zero attached hydrogens (tertiary/aromatic N) is 1. The quantitative estimate of drug-likeness (QED) is 0.792. The van der Waals surface area contributed by atoms with E-state index in [0.29, 0.717) is 25.0 Å². The van der Waals surface area contributed by atoms with Gasteiger partial charge in [-0.2, -0.15) is 0 Å². The molecular formula is C12H10F4NO2. The van der Waals surface area contributed by atoms with Crippen molar-refractivity contribution in [2.75, 3.05) is 6.61 Å². The number of benzene rings is 1. The van der Waals surface area contributed by atoms with Crippen molar-refractivity contribution in [3.05, 3.63) is 29.6 Å². The highest BCUT2D eigenvalue weighted by molar-refractivity contribution is 5.48. The first-order valence-corrected chi connectivity index (χ1v) is 5.55. The molecule has 3 nitrogen and oxygen atoms in total.